The van der Waals surface area contributed by atoms with Crippen molar-refractivity contribution in [2.24, 2.45) is 5.92 Å². The van der Waals surface area contributed by atoms with Gasteiger partial charge in [-0.2, -0.15) is 0 Å². The van der Waals surface area contributed by atoms with Gasteiger partial charge in [-0.1, -0.05) is 13.0 Å². The van der Waals surface area contributed by atoms with Crippen LogP contribution < -0.4 is 10.2 Å². The molecule has 1 unspecified atom stereocenters. The zero-order valence-corrected chi connectivity index (χ0v) is 15.2. The van der Waals surface area contributed by atoms with Crippen LogP contribution in [0.1, 0.15) is 49.4 Å². The van der Waals surface area contributed by atoms with Crippen LogP contribution >= 0.6 is 0 Å². The fourth-order valence-corrected chi connectivity index (χ4v) is 3.83. The largest absolute Gasteiger partial charge is 0.352 e. The van der Waals surface area contributed by atoms with Crippen molar-refractivity contribution in [3.63, 3.8) is 0 Å². The number of anilines is 1. The summed E-state index contributed by atoms with van der Waals surface area (Å²) in [6, 6.07) is 7.39. The van der Waals surface area contributed by atoms with Gasteiger partial charge in [-0.05, 0) is 62.9 Å². The first-order chi connectivity index (χ1) is 12.1. The van der Waals surface area contributed by atoms with Gasteiger partial charge in [-0.25, -0.2) is 0 Å². The second-order valence-corrected chi connectivity index (χ2v) is 7.36. The molecule has 1 aromatic rings. The average Bonchev–Trinajstić information content (AvgIpc) is 3.05. The second-order valence-electron chi connectivity index (χ2n) is 7.36. The predicted octanol–water partition coefficient (Wildman–Crippen LogP) is 2.67. The normalized spacial score (nSPS) is 21.6. The van der Waals surface area contributed by atoms with Crippen LogP contribution in [0.3, 0.4) is 0 Å². The second kappa shape index (κ2) is 8.48. The molecule has 0 bridgehead atoms. The van der Waals surface area contributed by atoms with Crippen LogP contribution in [-0.2, 0) is 4.79 Å². The van der Waals surface area contributed by atoms with Gasteiger partial charge in [0, 0.05) is 37.3 Å². The van der Waals surface area contributed by atoms with Gasteiger partial charge in [0.05, 0.1) is 0 Å². The van der Waals surface area contributed by atoms with E-state index in [1.54, 1.807) is 4.90 Å². The number of nitrogens with one attached hydrogen (secondary N) is 1. The van der Waals surface area contributed by atoms with Gasteiger partial charge in [0.25, 0.3) is 5.91 Å². The third kappa shape index (κ3) is 4.82. The Balaban J connectivity index is 1.46. The SMILES string of the molecule is CC1CCCN(CCCNC(=O)c2cccc(N3CCCC3=O)c2)C1. The Kier molecular flexibility index (Phi) is 6.08. The highest BCUT2D eigenvalue weighted by Crippen LogP contribution is 2.22. The fraction of sp³-hybridized carbons (Fsp3) is 0.600. The van der Waals surface area contributed by atoms with E-state index in [1.165, 1.54) is 25.9 Å². The molecule has 1 aromatic carbocycles. The molecule has 2 amide bonds. The van der Waals surface area contributed by atoms with Gasteiger partial charge in [-0.3, -0.25) is 9.59 Å². The number of benzene rings is 1. The standard InChI is InChI=1S/C20H29N3O2/c1-16-6-3-11-22(15-16)12-5-10-21-20(25)17-7-2-8-18(14-17)23-13-4-9-19(23)24/h2,7-8,14,16H,3-6,9-13,15H2,1H3,(H,21,25). The first kappa shape index (κ1) is 17.9. The molecule has 1 atom stereocenters. The molecule has 2 aliphatic heterocycles. The summed E-state index contributed by atoms with van der Waals surface area (Å²) in [7, 11) is 0. The third-order valence-electron chi connectivity index (χ3n) is 5.17. The number of rotatable bonds is 6. The first-order valence-electron chi connectivity index (χ1n) is 9.54. The van der Waals surface area contributed by atoms with E-state index in [0.29, 0.717) is 18.5 Å². The Hall–Kier alpha value is -1.88. The van der Waals surface area contributed by atoms with Gasteiger partial charge in [-0.15, -0.1) is 0 Å². The molecule has 2 fully saturated rings. The number of likely N-dealkylation sites (tertiary alicyclic amines) is 1. The van der Waals surface area contributed by atoms with Crippen LogP contribution in [-0.4, -0.2) is 49.4 Å². The Morgan fingerprint density at radius 1 is 1.28 bits per heavy atom. The summed E-state index contributed by atoms with van der Waals surface area (Å²) in [5.74, 6) is 0.883. The van der Waals surface area contributed by atoms with Gasteiger partial charge in [0.1, 0.15) is 0 Å². The van der Waals surface area contributed by atoms with Gasteiger partial charge in [0.15, 0.2) is 0 Å². The highest BCUT2D eigenvalue weighted by atomic mass is 16.2. The molecule has 0 aliphatic carbocycles. The summed E-state index contributed by atoms with van der Waals surface area (Å²) < 4.78 is 0. The van der Waals surface area contributed by atoms with E-state index in [1.807, 2.05) is 24.3 Å². The van der Waals surface area contributed by atoms with E-state index in [4.69, 9.17) is 0 Å². The zero-order chi connectivity index (χ0) is 17.6. The summed E-state index contributed by atoms with van der Waals surface area (Å²) in [6.45, 7) is 7.16. The molecule has 0 spiro atoms. The van der Waals surface area contributed by atoms with Crippen molar-refractivity contribution in [2.75, 3.05) is 37.6 Å². The molecule has 25 heavy (non-hydrogen) atoms. The molecule has 2 heterocycles. The average molecular weight is 343 g/mol. The van der Waals surface area contributed by atoms with Crippen LogP contribution in [0.15, 0.2) is 24.3 Å². The van der Waals surface area contributed by atoms with Crippen molar-refractivity contribution in [1.29, 1.82) is 0 Å². The number of carbonyl (C=O) groups excluding carboxylic acids is 2. The molecule has 136 valence electrons. The van der Waals surface area contributed by atoms with Crippen molar-refractivity contribution in [3.05, 3.63) is 29.8 Å². The quantitative estimate of drug-likeness (QED) is 0.808. The van der Waals surface area contributed by atoms with Crippen molar-refractivity contribution in [2.45, 2.75) is 39.0 Å². The van der Waals surface area contributed by atoms with Crippen LogP contribution in [0.2, 0.25) is 0 Å². The minimum atomic E-state index is -0.0551. The summed E-state index contributed by atoms with van der Waals surface area (Å²) in [5, 5.41) is 3.01. The summed E-state index contributed by atoms with van der Waals surface area (Å²) >= 11 is 0. The molecule has 3 rings (SSSR count). The topological polar surface area (TPSA) is 52.7 Å². The number of hydrogen-bond donors (Lipinski definition) is 1. The molecule has 1 N–H and O–H groups in total. The number of amides is 2. The minimum Gasteiger partial charge on any atom is -0.352 e. The first-order valence-corrected chi connectivity index (χ1v) is 9.54. The van der Waals surface area contributed by atoms with Gasteiger partial charge >= 0.3 is 0 Å². The molecule has 0 radical (unpaired) electrons. The molecule has 2 aliphatic rings. The Labute approximate surface area is 150 Å². The van der Waals surface area contributed by atoms with Crippen molar-refractivity contribution < 1.29 is 9.59 Å². The molecule has 0 aromatic heterocycles. The van der Waals surface area contributed by atoms with Crippen LogP contribution in [0.5, 0.6) is 0 Å². The van der Waals surface area contributed by atoms with Crippen LogP contribution in [0.25, 0.3) is 0 Å². The van der Waals surface area contributed by atoms with Gasteiger partial charge in [0.2, 0.25) is 5.91 Å². The van der Waals surface area contributed by atoms with Crippen molar-refractivity contribution >= 4 is 17.5 Å². The maximum Gasteiger partial charge on any atom is 0.251 e. The highest BCUT2D eigenvalue weighted by molar-refractivity contribution is 5.99. The molecular weight excluding hydrogens is 314 g/mol. The minimum absolute atomic E-state index is 0.0551. The summed E-state index contributed by atoms with van der Waals surface area (Å²) in [6.07, 6.45) is 5.09. The smallest absolute Gasteiger partial charge is 0.251 e. The van der Waals surface area contributed by atoms with Crippen LogP contribution in [0.4, 0.5) is 5.69 Å². The maximum absolute atomic E-state index is 12.4. The molecule has 5 nitrogen and oxygen atoms in total. The number of nitrogens with zero attached hydrogens (tertiary/aromatic N) is 2. The zero-order valence-electron chi connectivity index (χ0n) is 15.2. The van der Waals surface area contributed by atoms with Crippen molar-refractivity contribution in [3.8, 4) is 0 Å². The fourth-order valence-electron chi connectivity index (χ4n) is 3.83. The van der Waals surface area contributed by atoms with E-state index in [0.717, 1.165) is 37.5 Å². The lowest BCUT2D eigenvalue weighted by molar-refractivity contribution is -0.117. The third-order valence-corrected chi connectivity index (χ3v) is 5.17. The van der Waals surface area contributed by atoms with E-state index < -0.39 is 0 Å². The molecule has 2 saturated heterocycles. The highest BCUT2D eigenvalue weighted by Gasteiger charge is 2.22. The summed E-state index contributed by atoms with van der Waals surface area (Å²) in [5.41, 5.74) is 1.46. The summed E-state index contributed by atoms with van der Waals surface area (Å²) in [4.78, 5) is 28.5. The molecule has 5 heteroatoms. The Morgan fingerprint density at radius 3 is 2.92 bits per heavy atom. The van der Waals surface area contributed by atoms with E-state index in [9.17, 15) is 9.59 Å². The number of hydrogen-bond acceptors (Lipinski definition) is 3. The van der Waals surface area contributed by atoms with Gasteiger partial charge < -0.3 is 15.1 Å². The van der Waals surface area contributed by atoms with Crippen LogP contribution in [0, 0.1) is 5.92 Å². The Bertz CT molecular complexity index is 617. The maximum atomic E-state index is 12.4. The lowest BCUT2D eigenvalue weighted by Gasteiger charge is -2.30. The van der Waals surface area contributed by atoms with E-state index in [2.05, 4.69) is 17.1 Å². The molecular formula is C20H29N3O2. The Morgan fingerprint density at radius 2 is 2.16 bits per heavy atom. The van der Waals surface area contributed by atoms with E-state index >= 15 is 0 Å². The van der Waals surface area contributed by atoms with Crippen molar-refractivity contribution in [1.82, 2.24) is 10.2 Å². The number of carbonyl (C=O) groups is 2. The lowest BCUT2D eigenvalue weighted by atomic mass is 10.0. The number of piperidine rings is 1. The molecule has 0 saturated carbocycles. The lowest BCUT2D eigenvalue weighted by Crippen LogP contribution is -2.36. The predicted molar refractivity (Wildman–Crippen MR) is 99.8 cm³/mol. The monoisotopic (exact) mass is 343 g/mol. The van der Waals surface area contributed by atoms with E-state index in [-0.39, 0.29) is 11.8 Å².